The van der Waals surface area contributed by atoms with E-state index in [1.54, 1.807) is 4.68 Å². The van der Waals surface area contributed by atoms with Crippen molar-refractivity contribution in [2.45, 2.75) is 46.1 Å². The molecule has 112 valence electrons. The third-order valence-corrected chi connectivity index (χ3v) is 3.50. The molecule has 0 amide bonds. The minimum atomic E-state index is -1.03. The summed E-state index contributed by atoms with van der Waals surface area (Å²) in [6.07, 6.45) is 0. The van der Waals surface area contributed by atoms with Gasteiger partial charge in [0.05, 0.1) is 12.2 Å². The lowest BCUT2D eigenvalue weighted by Gasteiger charge is -2.11. The molecule has 1 heterocycles. The molecule has 5 heteroatoms. The molecule has 0 fully saturated rings. The predicted octanol–water partition coefficient (Wildman–Crippen LogP) is 3.27. The third kappa shape index (κ3) is 3.29. The maximum Gasteiger partial charge on any atom is 0.358 e. The Kier molecular flexibility index (Phi) is 4.40. The van der Waals surface area contributed by atoms with Crippen molar-refractivity contribution in [3.05, 3.63) is 46.8 Å². The average Bonchev–Trinajstić information content (AvgIpc) is 2.83. The fourth-order valence-electron chi connectivity index (χ4n) is 2.34. The molecule has 2 rings (SSSR count). The number of rotatable bonds is 5. The molecule has 2 aromatic rings. The van der Waals surface area contributed by atoms with Gasteiger partial charge in [-0.25, -0.2) is 9.48 Å². The fourth-order valence-corrected chi connectivity index (χ4v) is 2.34. The summed E-state index contributed by atoms with van der Waals surface area (Å²) in [6.45, 7) is 8.74. The van der Waals surface area contributed by atoms with Crippen molar-refractivity contribution in [1.29, 1.82) is 0 Å². The molecule has 0 aliphatic rings. The summed E-state index contributed by atoms with van der Waals surface area (Å²) in [5.41, 5.74) is 3.08. The Labute approximate surface area is 124 Å². The second-order valence-corrected chi connectivity index (χ2v) is 5.84. The molecule has 0 spiro atoms. The maximum absolute atomic E-state index is 11.2. The van der Waals surface area contributed by atoms with Crippen LogP contribution in [0.2, 0.25) is 0 Å². The predicted molar refractivity (Wildman–Crippen MR) is 80.7 cm³/mol. The van der Waals surface area contributed by atoms with Crippen LogP contribution in [0.5, 0.6) is 0 Å². The van der Waals surface area contributed by atoms with Gasteiger partial charge in [-0.15, -0.1) is 5.10 Å². The summed E-state index contributed by atoms with van der Waals surface area (Å²) >= 11 is 0. The first kappa shape index (κ1) is 15.2. The lowest BCUT2D eigenvalue weighted by atomic mass is 10.0. The van der Waals surface area contributed by atoms with E-state index in [9.17, 15) is 9.90 Å². The van der Waals surface area contributed by atoms with Crippen LogP contribution in [-0.4, -0.2) is 26.1 Å². The molecule has 5 nitrogen and oxygen atoms in total. The van der Waals surface area contributed by atoms with E-state index in [-0.39, 0.29) is 11.6 Å². The van der Waals surface area contributed by atoms with Crippen molar-refractivity contribution in [1.82, 2.24) is 15.0 Å². The largest absolute Gasteiger partial charge is 0.476 e. The zero-order valence-corrected chi connectivity index (χ0v) is 12.9. The molecule has 0 saturated carbocycles. The number of carboxylic acid groups (broad SMARTS) is 1. The highest BCUT2D eigenvalue weighted by Gasteiger charge is 2.21. The van der Waals surface area contributed by atoms with Crippen molar-refractivity contribution in [3.8, 4) is 0 Å². The molecule has 0 bridgehead atoms. The number of aromatic nitrogens is 3. The first-order valence-electron chi connectivity index (χ1n) is 7.15. The zero-order chi connectivity index (χ0) is 15.6. The molecule has 21 heavy (non-hydrogen) atoms. The van der Waals surface area contributed by atoms with Crippen molar-refractivity contribution >= 4 is 5.97 Å². The lowest BCUT2D eigenvalue weighted by Crippen LogP contribution is -2.11. The van der Waals surface area contributed by atoms with Crippen LogP contribution < -0.4 is 0 Å². The average molecular weight is 287 g/mol. The van der Waals surface area contributed by atoms with Crippen LogP contribution in [0.4, 0.5) is 0 Å². The zero-order valence-electron chi connectivity index (χ0n) is 12.9. The van der Waals surface area contributed by atoms with Gasteiger partial charge in [0.25, 0.3) is 0 Å². The molecule has 0 saturated heterocycles. The van der Waals surface area contributed by atoms with Gasteiger partial charge in [0.1, 0.15) is 0 Å². The Hall–Kier alpha value is -2.17. The van der Waals surface area contributed by atoms with Gasteiger partial charge in [0.2, 0.25) is 0 Å². The molecule has 0 atom stereocenters. The Morgan fingerprint density at radius 3 is 2.24 bits per heavy atom. The molecular weight excluding hydrogens is 266 g/mol. The van der Waals surface area contributed by atoms with E-state index in [4.69, 9.17) is 0 Å². The standard InChI is InChI=1S/C16H21N3O2/c1-10(2)13-7-5-12(6-8-13)9-19-15(11(3)4)14(16(20)21)17-18-19/h5-8,10-11H,9H2,1-4H3,(H,20,21). The van der Waals surface area contributed by atoms with E-state index >= 15 is 0 Å². The highest BCUT2D eigenvalue weighted by atomic mass is 16.4. The van der Waals surface area contributed by atoms with E-state index in [1.165, 1.54) is 5.56 Å². The normalized spacial score (nSPS) is 11.3. The molecule has 1 N–H and O–H groups in total. The van der Waals surface area contributed by atoms with Crippen LogP contribution >= 0.6 is 0 Å². The number of aromatic carboxylic acids is 1. The number of carbonyl (C=O) groups is 1. The molecule has 1 aromatic heterocycles. The molecule has 0 aliphatic carbocycles. The van der Waals surface area contributed by atoms with E-state index in [2.05, 4.69) is 48.4 Å². The van der Waals surface area contributed by atoms with Gasteiger partial charge in [0, 0.05) is 0 Å². The summed E-state index contributed by atoms with van der Waals surface area (Å²) in [4.78, 5) is 11.2. The highest BCUT2D eigenvalue weighted by molar-refractivity contribution is 5.86. The van der Waals surface area contributed by atoms with Crippen LogP contribution in [0.25, 0.3) is 0 Å². The van der Waals surface area contributed by atoms with Gasteiger partial charge in [-0.1, -0.05) is 57.2 Å². The number of carboxylic acids is 1. The quantitative estimate of drug-likeness (QED) is 0.916. The molecule has 0 radical (unpaired) electrons. The van der Waals surface area contributed by atoms with Gasteiger partial charge >= 0.3 is 5.97 Å². The van der Waals surface area contributed by atoms with Crippen molar-refractivity contribution in [2.75, 3.05) is 0 Å². The minimum Gasteiger partial charge on any atom is -0.476 e. The first-order chi connectivity index (χ1) is 9.90. The van der Waals surface area contributed by atoms with Crippen molar-refractivity contribution < 1.29 is 9.90 Å². The monoisotopic (exact) mass is 287 g/mol. The van der Waals surface area contributed by atoms with Gasteiger partial charge in [0.15, 0.2) is 5.69 Å². The van der Waals surface area contributed by atoms with Gasteiger partial charge < -0.3 is 5.11 Å². The van der Waals surface area contributed by atoms with E-state index in [0.717, 1.165) is 5.56 Å². The highest BCUT2D eigenvalue weighted by Crippen LogP contribution is 2.20. The smallest absolute Gasteiger partial charge is 0.358 e. The summed E-state index contributed by atoms with van der Waals surface area (Å²) in [6, 6.07) is 8.32. The van der Waals surface area contributed by atoms with Crippen molar-refractivity contribution in [2.24, 2.45) is 0 Å². The number of nitrogens with zero attached hydrogens (tertiary/aromatic N) is 3. The van der Waals surface area contributed by atoms with E-state index in [0.29, 0.717) is 18.2 Å². The van der Waals surface area contributed by atoms with Gasteiger partial charge in [-0.2, -0.15) is 0 Å². The van der Waals surface area contributed by atoms with Crippen LogP contribution in [0.15, 0.2) is 24.3 Å². The SMILES string of the molecule is CC(C)c1ccc(Cn2nnc(C(=O)O)c2C(C)C)cc1. The Bertz CT molecular complexity index is 627. The molecule has 0 unspecified atom stereocenters. The second kappa shape index (κ2) is 6.08. The number of benzene rings is 1. The Morgan fingerprint density at radius 1 is 1.14 bits per heavy atom. The van der Waals surface area contributed by atoms with Gasteiger partial charge in [-0.05, 0) is 23.0 Å². The first-order valence-corrected chi connectivity index (χ1v) is 7.15. The van der Waals surface area contributed by atoms with Crippen LogP contribution in [0.1, 0.15) is 66.8 Å². The summed E-state index contributed by atoms with van der Waals surface area (Å²) in [5.74, 6) is -0.476. The van der Waals surface area contributed by atoms with Crippen LogP contribution in [0, 0.1) is 0 Å². The summed E-state index contributed by atoms with van der Waals surface area (Å²) < 4.78 is 1.68. The second-order valence-electron chi connectivity index (χ2n) is 5.84. The van der Waals surface area contributed by atoms with Crippen LogP contribution in [-0.2, 0) is 6.54 Å². The topological polar surface area (TPSA) is 68.0 Å². The fraction of sp³-hybridized carbons (Fsp3) is 0.438. The third-order valence-electron chi connectivity index (χ3n) is 3.50. The van der Waals surface area contributed by atoms with Crippen LogP contribution in [0.3, 0.4) is 0 Å². The summed E-state index contributed by atoms with van der Waals surface area (Å²) in [7, 11) is 0. The van der Waals surface area contributed by atoms with E-state index in [1.807, 2.05) is 13.8 Å². The molecular formula is C16H21N3O2. The lowest BCUT2D eigenvalue weighted by molar-refractivity contribution is 0.0688. The Morgan fingerprint density at radius 2 is 1.76 bits per heavy atom. The van der Waals surface area contributed by atoms with Crippen molar-refractivity contribution in [3.63, 3.8) is 0 Å². The number of hydrogen-bond acceptors (Lipinski definition) is 3. The Balaban J connectivity index is 2.29. The number of hydrogen-bond donors (Lipinski definition) is 1. The summed E-state index contributed by atoms with van der Waals surface area (Å²) in [5, 5.41) is 17.0. The minimum absolute atomic E-state index is 0.0452. The van der Waals surface area contributed by atoms with Gasteiger partial charge in [-0.3, -0.25) is 0 Å². The molecule has 1 aromatic carbocycles. The molecule has 0 aliphatic heterocycles. The van der Waals surface area contributed by atoms with E-state index < -0.39 is 5.97 Å². The maximum atomic E-state index is 11.2.